The van der Waals surface area contributed by atoms with Gasteiger partial charge in [0, 0.05) is 6.07 Å². The highest BCUT2D eigenvalue weighted by Crippen LogP contribution is 2.33. The summed E-state index contributed by atoms with van der Waals surface area (Å²) >= 11 is 0. The number of methoxy groups -OCH3 is 2. The summed E-state index contributed by atoms with van der Waals surface area (Å²) in [4.78, 5) is 23.1. The molecular formula is C21H19NO6. The van der Waals surface area contributed by atoms with E-state index in [1.807, 2.05) is 36.4 Å². The molecule has 1 atom stereocenters. The Bertz CT molecular complexity index is 1050. The Balaban J connectivity index is 1.86. The predicted octanol–water partition coefficient (Wildman–Crippen LogP) is 4.47. The van der Waals surface area contributed by atoms with E-state index in [-0.39, 0.29) is 17.2 Å². The zero-order valence-corrected chi connectivity index (χ0v) is 15.7. The number of nitrogens with zero attached hydrogens (tertiary/aromatic N) is 1. The van der Waals surface area contributed by atoms with E-state index in [0.29, 0.717) is 0 Å². The van der Waals surface area contributed by atoms with Gasteiger partial charge in [0.05, 0.1) is 31.1 Å². The summed E-state index contributed by atoms with van der Waals surface area (Å²) in [6.07, 6.45) is 0. The molecule has 3 aromatic rings. The SMILES string of the molecule is COc1ccc2cc(C(C)C(=O)Oc3cc([N+](=O)[O-])ccc3OC)ccc2c1. The number of esters is 1. The van der Waals surface area contributed by atoms with Crippen LogP contribution in [-0.4, -0.2) is 25.1 Å². The van der Waals surface area contributed by atoms with Crippen molar-refractivity contribution in [3.05, 3.63) is 70.3 Å². The molecule has 0 aromatic heterocycles. The Morgan fingerprint density at radius 3 is 2.32 bits per heavy atom. The molecule has 0 spiro atoms. The number of rotatable bonds is 6. The highest BCUT2D eigenvalue weighted by molar-refractivity contribution is 5.87. The van der Waals surface area contributed by atoms with Crippen molar-refractivity contribution >= 4 is 22.4 Å². The van der Waals surface area contributed by atoms with Crippen LogP contribution in [0, 0.1) is 10.1 Å². The van der Waals surface area contributed by atoms with Gasteiger partial charge >= 0.3 is 5.97 Å². The van der Waals surface area contributed by atoms with Gasteiger partial charge in [0.15, 0.2) is 11.5 Å². The van der Waals surface area contributed by atoms with Gasteiger partial charge in [-0.1, -0.05) is 24.3 Å². The smallest absolute Gasteiger partial charge is 0.318 e. The van der Waals surface area contributed by atoms with E-state index in [1.54, 1.807) is 14.0 Å². The quantitative estimate of drug-likeness (QED) is 0.271. The summed E-state index contributed by atoms with van der Waals surface area (Å²) in [5.74, 6) is -0.0940. The first-order chi connectivity index (χ1) is 13.4. The third-order valence-electron chi connectivity index (χ3n) is 4.49. The van der Waals surface area contributed by atoms with Crippen LogP contribution >= 0.6 is 0 Å². The van der Waals surface area contributed by atoms with Crippen LogP contribution < -0.4 is 14.2 Å². The topological polar surface area (TPSA) is 87.9 Å². The predicted molar refractivity (Wildman–Crippen MR) is 104 cm³/mol. The molecule has 0 aliphatic carbocycles. The molecule has 3 rings (SSSR count). The Kier molecular flexibility index (Phi) is 5.44. The van der Waals surface area contributed by atoms with Gasteiger partial charge in [0.2, 0.25) is 0 Å². The first-order valence-electron chi connectivity index (χ1n) is 8.54. The molecule has 0 aliphatic heterocycles. The highest BCUT2D eigenvalue weighted by Gasteiger charge is 2.21. The lowest BCUT2D eigenvalue weighted by molar-refractivity contribution is -0.384. The third-order valence-corrected chi connectivity index (χ3v) is 4.49. The minimum Gasteiger partial charge on any atom is -0.497 e. The second-order valence-electron chi connectivity index (χ2n) is 6.21. The molecule has 0 fully saturated rings. The van der Waals surface area contributed by atoms with Gasteiger partial charge in [-0.15, -0.1) is 0 Å². The van der Waals surface area contributed by atoms with Crippen LogP contribution in [-0.2, 0) is 4.79 Å². The molecule has 7 nitrogen and oxygen atoms in total. The zero-order chi connectivity index (χ0) is 20.3. The van der Waals surface area contributed by atoms with Gasteiger partial charge in [-0.2, -0.15) is 0 Å². The molecule has 0 bridgehead atoms. The lowest BCUT2D eigenvalue weighted by atomic mass is 9.98. The first kappa shape index (κ1) is 19.2. The Labute approximate surface area is 161 Å². The second-order valence-corrected chi connectivity index (χ2v) is 6.21. The van der Waals surface area contributed by atoms with Crippen LogP contribution in [0.5, 0.6) is 17.2 Å². The van der Waals surface area contributed by atoms with Crippen molar-refractivity contribution in [2.75, 3.05) is 14.2 Å². The fraction of sp³-hybridized carbons (Fsp3) is 0.190. The number of nitro groups is 1. The number of nitro benzene ring substituents is 1. The van der Waals surface area contributed by atoms with E-state index >= 15 is 0 Å². The normalized spacial score (nSPS) is 11.7. The van der Waals surface area contributed by atoms with E-state index in [9.17, 15) is 14.9 Å². The van der Waals surface area contributed by atoms with Crippen molar-refractivity contribution < 1.29 is 23.9 Å². The molecule has 7 heteroatoms. The van der Waals surface area contributed by atoms with Gasteiger partial charge in [-0.05, 0) is 41.5 Å². The largest absolute Gasteiger partial charge is 0.497 e. The summed E-state index contributed by atoms with van der Waals surface area (Å²) in [5.41, 5.74) is 0.586. The van der Waals surface area contributed by atoms with Crippen molar-refractivity contribution in [2.24, 2.45) is 0 Å². The lowest BCUT2D eigenvalue weighted by Gasteiger charge is -2.14. The Hall–Kier alpha value is -3.61. The van der Waals surface area contributed by atoms with Gasteiger partial charge in [-0.3, -0.25) is 14.9 Å². The highest BCUT2D eigenvalue weighted by atomic mass is 16.6. The maximum Gasteiger partial charge on any atom is 0.318 e. The summed E-state index contributed by atoms with van der Waals surface area (Å²) in [7, 11) is 3.01. The zero-order valence-electron chi connectivity index (χ0n) is 15.7. The molecule has 1 unspecified atom stereocenters. The van der Waals surface area contributed by atoms with Crippen molar-refractivity contribution in [2.45, 2.75) is 12.8 Å². The van der Waals surface area contributed by atoms with Crippen molar-refractivity contribution in [1.29, 1.82) is 0 Å². The van der Waals surface area contributed by atoms with Gasteiger partial charge in [-0.25, -0.2) is 0 Å². The maximum atomic E-state index is 12.6. The Morgan fingerprint density at radius 2 is 1.64 bits per heavy atom. The van der Waals surface area contributed by atoms with Crippen LogP contribution in [0.3, 0.4) is 0 Å². The van der Waals surface area contributed by atoms with Crippen molar-refractivity contribution in [3.8, 4) is 17.2 Å². The molecule has 28 heavy (non-hydrogen) atoms. The number of ether oxygens (including phenoxy) is 3. The molecule has 0 saturated heterocycles. The number of hydrogen-bond acceptors (Lipinski definition) is 6. The number of fused-ring (bicyclic) bond motifs is 1. The van der Waals surface area contributed by atoms with Crippen LogP contribution in [0.4, 0.5) is 5.69 Å². The molecule has 0 amide bonds. The first-order valence-corrected chi connectivity index (χ1v) is 8.54. The number of hydrogen-bond donors (Lipinski definition) is 0. The summed E-state index contributed by atoms with van der Waals surface area (Å²) < 4.78 is 15.8. The van der Waals surface area contributed by atoms with E-state index in [4.69, 9.17) is 14.2 Å². The maximum absolute atomic E-state index is 12.6. The van der Waals surface area contributed by atoms with Crippen LogP contribution in [0.2, 0.25) is 0 Å². The summed E-state index contributed by atoms with van der Waals surface area (Å²) in [6, 6.07) is 15.2. The van der Waals surface area contributed by atoms with Gasteiger partial charge < -0.3 is 14.2 Å². The molecule has 144 valence electrons. The molecule has 0 saturated carbocycles. The summed E-state index contributed by atoms with van der Waals surface area (Å²) in [6.45, 7) is 1.72. The van der Waals surface area contributed by atoms with E-state index in [2.05, 4.69) is 0 Å². The average Bonchev–Trinajstić information content (AvgIpc) is 2.72. The molecule has 0 N–H and O–H groups in total. The van der Waals surface area contributed by atoms with E-state index < -0.39 is 16.8 Å². The number of benzene rings is 3. The second kappa shape index (κ2) is 7.96. The molecule has 0 heterocycles. The van der Waals surface area contributed by atoms with Crippen LogP contribution in [0.15, 0.2) is 54.6 Å². The Morgan fingerprint density at radius 1 is 0.929 bits per heavy atom. The summed E-state index contributed by atoms with van der Waals surface area (Å²) in [5, 5.41) is 12.9. The molecular weight excluding hydrogens is 362 g/mol. The molecule has 0 radical (unpaired) electrons. The van der Waals surface area contributed by atoms with Crippen molar-refractivity contribution in [1.82, 2.24) is 0 Å². The lowest BCUT2D eigenvalue weighted by Crippen LogP contribution is -2.16. The minimum absolute atomic E-state index is 0.0130. The van der Waals surface area contributed by atoms with Crippen LogP contribution in [0.1, 0.15) is 18.4 Å². The van der Waals surface area contributed by atoms with Crippen molar-refractivity contribution in [3.63, 3.8) is 0 Å². The van der Waals surface area contributed by atoms with Crippen LogP contribution in [0.25, 0.3) is 10.8 Å². The number of carbonyl (C=O) groups is 1. The fourth-order valence-corrected chi connectivity index (χ4v) is 2.83. The van der Waals surface area contributed by atoms with Gasteiger partial charge in [0.25, 0.3) is 5.69 Å². The van der Waals surface area contributed by atoms with Gasteiger partial charge in [0.1, 0.15) is 5.75 Å². The monoisotopic (exact) mass is 381 g/mol. The van der Waals surface area contributed by atoms with E-state index in [1.165, 1.54) is 25.3 Å². The number of non-ortho nitro benzene ring substituents is 1. The third kappa shape index (κ3) is 3.88. The average molecular weight is 381 g/mol. The number of carbonyl (C=O) groups excluding carboxylic acids is 1. The fourth-order valence-electron chi connectivity index (χ4n) is 2.83. The minimum atomic E-state index is -0.574. The molecule has 0 aliphatic rings. The molecule has 3 aromatic carbocycles. The van der Waals surface area contributed by atoms with E-state index in [0.717, 1.165) is 22.1 Å². The standard InChI is InChI=1S/C21H19NO6/c1-13(14-4-5-16-11-18(26-2)8-6-15(16)10-14)21(23)28-20-12-17(22(24)25)7-9-19(20)27-3/h4-13H,1-3H3.